The second kappa shape index (κ2) is 9.29. The van der Waals surface area contributed by atoms with E-state index in [-0.39, 0.29) is 5.41 Å². The van der Waals surface area contributed by atoms with Crippen molar-refractivity contribution in [1.82, 2.24) is 9.78 Å². The van der Waals surface area contributed by atoms with Gasteiger partial charge in [0, 0.05) is 17.5 Å². The summed E-state index contributed by atoms with van der Waals surface area (Å²) >= 11 is 5.91. The lowest BCUT2D eigenvalue weighted by molar-refractivity contribution is 0.176. The summed E-state index contributed by atoms with van der Waals surface area (Å²) in [7, 11) is 1.81. The molecule has 1 heterocycles. The van der Waals surface area contributed by atoms with Gasteiger partial charge in [-0.15, -0.1) is 0 Å². The Morgan fingerprint density at radius 2 is 1.96 bits per heavy atom. The molecule has 0 fully saturated rings. The van der Waals surface area contributed by atoms with Crippen LogP contribution in [-0.2, 0) is 11.9 Å². The first kappa shape index (κ1) is 20.6. The van der Waals surface area contributed by atoms with Crippen LogP contribution in [0.1, 0.15) is 32.0 Å². The van der Waals surface area contributed by atoms with Gasteiger partial charge in [-0.1, -0.05) is 28.6 Å². The fraction of sp³-hybridized carbons (Fsp3) is 0.333. The number of hydrogen-bond acceptors (Lipinski definition) is 4. The number of benzene rings is 1. The zero-order chi connectivity index (χ0) is 19.9. The molecule has 0 aliphatic heterocycles. The standard InChI is InChI=1S/C21H24ClN3O2/c1-16-19(15-23-26-14-8-6-7-13-21(2,3)4)20(25(5)24-16)27-18-11-9-17(22)10-12-18/h6,8-12,15H,14H2,1-5H3. The molecule has 0 radical (unpaired) electrons. The summed E-state index contributed by atoms with van der Waals surface area (Å²) in [6, 6.07) is 7.13. The van der Waals surface area contributed by atoms with Gasteiger partial charge in [0.05, 0.1) is 17.5 Å². The van der Waals surface area contributed by atoms with Gasteiger partial charge >= 0.3 is 0 Å². The molecule has 1 aromatic carbocycles. The van der Waals surface area contributed by atoms with Gasteiger partial charge in [0.25, 0.3) is 0 Å². The molecule has 0 saturated carbocycles. The first-order chi connectivity index (χ1) is 12.8. The van der Waals surface area contributed by atoms with Crippen LogP contribution >= 0.6 is 11.6 Å². The molecule has 0 atom stereocenters. The van der Waals surface area contributed by atoms with Crippen LogP contribution in [0.25, 0.3) is 0 Å². The predicted octanol–water partition coefficient (Wildman–Crippen LogP) is 5.13. The molecule has 0 N–H and O–H groups in total. The minimum atomic E-state index is -0.0122. The van der Waals surface area contributed by atoms with Gasteiger partial charge < -0.3 is 9.57 Å². The number of rotatable bonds is 6. The lowest BCUT2D eigenvalue weighted by atomic mass is 9.98. The monoisotopic (exact) mass is 385 g/mol. The van der Waals surface area contributed by atoms with Crippen LogP contribution in [0.2, 0.25) is 5.02 Å². The fourth-order valence-electron chi connectivity index (χ4n) is 2.08. The van der Waals surface area contributed by atoms with Crippen molar-refractivity contribution in [2.45, 2.75) is 27.7 Å². The smallest absolute Gasteiger partial charge is 0.226 e. The van der Waals surface area contributed by atoms with Crippen molar-refractivity contribution >= 4 is 17.8 Å². The molecular weight excluding hydrogens is 362 g/mol. The van der Waals surface area contributed by atoms with Crippen molar-refractivity contribution in [1.29, 1.82) is 0 Å². The van der Waals surface area contributed by atoms with E-state index in [1.165, 1.54) is 0 Å². The van der Waals surface area contributed by atoms with Gasteiger partial charge in [-0.25, -0.2) is 4.68 Å². The predicted molar refractivity (Wildman–Crippen MR) is 109 cm³/mol. The Kier molecular flexibility index (Phi) is 7.09. The molecule has 0 amide bonds. The minimum Gasteiger partial charge on any atom is -0.439 e. The Hall–Kier alpha value is -2.71. The minimum absolute atomic E-state index is 0.0122. The summed E-state index contributed by atoms with van der Waals surface area (Å²) in [4.78, 5) is 5.26. The van der Waals surface area contributed by atoms with E-state index in [9.17, 15) is 0 Å². The van der Waals surface area contributed by atoms with Crippen LogP contribution in [-0.4, -0.2) is 22.6 Å². The zero-order valence-electron chi connectivity index (χ0n) is 16.3. The van der Waals surface area contributed by atoms with E-state index in [2.05, 4.69) is 42.9 Å². The fourth-order valence-corrected chi connectivity index (χ4v) is 2.20. The second-order valence-corrected chi connectivity index (χ2v) is 7.37. The highest BCUT2D eigenvalue weighted by molar-refractivity contribution is 6.30. The molecule has 0 unspecified atom stereocenters. The van der Waals surface area contributed by atoms with E-state index < -0.39 is 0 Å². The summed E-state index contributed by atoms with van der Waals surface area (Å²) in [5, 5.41) is 9.03. The molecule has 2 rings (SSSR count). The molecule has 2 aromatic rings. The largest absolute Gasteiger partial charge is 0.439 e. The number of nitrogens with zero attached hydrogens (tertiary/aromatic N) is 3. The quantitative estimate of drug-likeness (QED) is 0.300. The van der Waals surface area contributed by atoms with Crippen LogP contribution in [0.3, 0.4) is 0 Å². The van der Waals surface area contributed by atoms with Crippen LogP contribution < -0.4 is 4.74 Å². The van der Waals surface area contributed by atoms with Gasteiger partial charge in [-0.05, 0) is 64.1 Å². The number of hydrogen-bond donors (Lipinski definition) is 0. The van der Waals surface area contributed by atoms with Gasteiger partial charge in [0.2, 0.25) is 5.88 Å². The van der Waals surface area contributed by atoms with Crippen LogP contribution in [0.5, 0.6) is 11.6 Å². The lowest BCUT2D eigenvalue weighted by Gasteiger charge is -2.06. The zero-order valence-corrected chi connectivity index (χ0v) is 17.0. The van der Waals surface area contributed by atoms with Gasteiger partial charge in [-0.2, -0.15) is 5.10 Å². The third-order valence-corrected chi connectivity index (χ3v) is 3.57. The van der Waals surface area contributed by atoms with Crippen LogP contribution in [0, 0.1) is 24.2 Å². The highest BCUT2D eigenvalue weighted by Crippen LogP contribution is 2.27. The van der Waals surface area contributed by atoms with Crippen LogP contribution in [0.15, 0.2) is 41.6 Å². The van der Waals surface area contributed by atoms with E-state index >= 15 is 0 Å². The van der Waals surface area contributed by atoms with Crippen molar-refractivity contribution < 1.29 is 9.57 Å². The molecule has 27 heavy (non-hydrogen) atoms. The molecule has 1 aromatic heterocycles. The highest BCUT2D eigenvalue weighted by Gasteiger charge is 2.14. The van der Waals surface area contributed by atoms with Gasteiger partial charge in [0.1, 0.15) is 12.4 Å². The number of oxime groups is 1. The maximum absolute atomic E-state index is 5.92. The summed E-state index contributed by atoms with van der Waals surface area (Å²) < 4.78 is 7.58. The summed E-state index contributed by atoms with van der Waals surface area (Å²) in [6.07, 6.45) is 5.19. The van der Waals surface area contributed by atoms with E-state index in [0.29, 0.717) is 23.3 Å². The molecule has 6 heteroatoms. The number of aryl methyl sites for hydroxylation is 2. The number of ether oxygens (including phenoxy) is 1. The number of halogens is 1. The van der Waals surface area contributed by atoms with Crippen molar-refractivity contribution in [2.24, 2.45) is 17.6 Å². The molecule has 0 saturated heterocycles. The van der Waals surface area contributed by atoms with Crippen molar-refractivity contribution in [2.75, 3.05) is 6.61 Å². The van der Waals surface area contributed by atoms with Crippen molar-refractivity contribution in [3.05, 3.63) is 52.7 Å². The molecule has 5 nitrogen and oxygen atoms in total. The lowest BCUT2D eigenvalue weighted by Crippen LogP contribution is -1.98. The molecule has 0 aliphatic rings. The summed E-state index contributed by atoms with van der Waals surface area (Å²) in [5.74, 6) is 7.34. The normalized spacial score (nSPS) is 11.6. The van der Waals surface area contributed by atoms with E-state index in [0.717, 1.165) is 11.3 Å². The van der Waals surface area contributed by atoms with Gasteiger partial charge in [0.15, 0.2) is 0 Å². The van der Waals surface area contributed by atoms with E-state index in [4.69, 9.17) is 21.2 Å². The Labute approximate surface area is 165 Å². The molecular formula is C21H24ClN3O2. The third kappa shape index (κ3) is 6.84. The maximum Gasteiger partial charge on any atom is 0.226 e. The SMILES string of the molecule is Cc1nn(C)c(Oc2ccc(Cl)cc2)c1C=NOCC=CC#CC(C)(C)C. The van der Waals surface area contributed by atoms with E-state index in [1.54, 1.807) is 41.2 Å². The number of aromatic nitrogens is 2. The summed E-state index contributed by atoms with van der Waals surface area (Å²) in [6.45, 7) is 8.41. The topological polar surface area (TPSA) is 48.6 Å². The van der Waals surface area contributed by atoms with Gasteiger partial charge in [-0.3, -0.25) is 0 Å². The summed E-state index contributed by atoms with van der Waals surface area (Å²) in [5.41, 5.74) is 1.53. The van der Waals surface area contributed by atoms with Crippen molar-refractivity contribution in [3.63, 3.8) is 0 Å². The molecule has 0 bridgehead atoms. The van der Waals surface area contributed by atoms with Crippen LogP contribution in [0.4, 0.5) is 0 Å². The average Bonchev–Trinajstić information content (AvgIpc) is 2.85. The molecule has 0 aliphatic carbocycles. The Bertz CT molecular complexity index is 879. The Balaban J connectivity index is 1.99. The Morgan fingerprint density at radius 1 is 1.26 bits per heavy atom. The molecule has 0 spiro atoms. The average molecular weight is 386 g/mol. The first-order valence-electron chi connectivity index (χ1n) is 8.56. The van der Waals surface area contributed by atoms with Crippen molar-refractivity contribution in [3.8, 4) is 23.5 Å². The molecule has 142 valence electrons. The van der Waals surface area contributed by atoms with E-state index in [1.807, 2.05) is 20.0 Å². The third-order valence-electron chi connectivity index (χ3n) is 3.32. The Morgan fingerprint density at radius 3 is 2.63 bits per heavy atom. The highest BCUT2D eigenvalue weighted by atomic mass is 35.5. The first-order valence-corrected chi connectivity index (χ1v) is 8.94. The number of allylic oxidation sites excluding steroid dienone is 1. The second-order valence-electron chi connectivity index (χ2n) is 6.94. The maximum atomic E-state index is 5.92.